The van der Waals surface area contributed by atoms with Crippen LogP contribution in [0, 0.1) is 25.7 Å². The molecule has 1 unspecified atom stereocenters. The van der Waals surface area contributed by atoms with Gasteiger partial charge < -0.3 is 40.5 Å². The number of urea groups is 2. The van der Waals surface area contributed by atoms with E-state index in [-0.39, 0.29) is 42.8 Å². The van der Waals surface area contributed by atoms with E-state index in [0.29, 0.717) is 57.6 Å². The van der Waals surface area contributed by atoms with Gasteiger partial charge in [-0.2, -0.15) is 0 Å². The second-order valence-corrected chi connectivity index (χ2v) is 16.4. The van der Waals surface area contributed by atoms with Crippen LogP contribution in [-0.4, -0.2) is 103 Å². The Morgan fingerprint density at radius 1 is 0.695 bits per heavy atom. The van der Waals surface area contributed by atoms with Gasteiger partial charge in [0.25, 0.3) is 5.91 Å². The molecule has 13 heteroatoms. The molecule has 2 fully saturated rings. The first-order valence-corrected chi connectivity index (χ1v) is 21.0. The Bertz CT molecular complexity index is 1850. The molecule has 0 saturated carbocycles. The molecule has 13 nitrogen and oxygen atoms in total. The molecular formula is C46H62N6O7. The Kier molecular flexibility index (Phi) is 16.2. The third-order valence-corrected chi connectivity index (χ3v) is 11.0. The summed E-state index contributed by atoms with van der Waals surface area (Å²) in [6.45, 7) is 13.0. The Hall–Kier alpha value is -5.59. The van der Waals surface area contributed by atoms with Gasteiger partial charge in [-0.25, -0.2) is 14.4 Å². The molecule has 3 aromatic rings. The van der Waals surface area contributed by atoms with Crippen molar-refractivity contribution in [3.63, 3.8) is 0 Å². The van der Waals surface area contributed by atoms with Gasteiger partial charge in [-0.05, 0) is 73.6 Å². The lowest BCUT2D eigenvalue weighted by atomic mass is 9.92. The van der Waals surface area contributed by atoms with Gasteiger partial charge >= 0.3 is 18.0 Å². The number of esters is 1. The van der Waals surface area contributed by atoms with Crippen LogP contribution in [0.4, 0.5) is 9.59 Å². The number of carbonyl (C=O) groups is 5. The minimum absolute atomic E-state index is 0.107. The van der Waals surface area contributed by atoms with Gasteiger partial charge in [0.2, 0.25) is 5.91 Å². The summed E-state index contributed by atoms with van der Waals surface area (Å²) in [5.41, 5.74) is 3.63. The fraction of sp³-hybridized carbons (Fsp3) is 0.500. The van der Waals surface area contributed by atoms with Crippen LogP contribution in [-0.2, 0) is 32.0 Å². The summed E-state index contributed by atoms with van der Waals surface area (Å²) in [6.07, 6.45) is 1.19. The summed E-state index contributed by atoms with van der Waals surface area (Å²) in [7, 11) is 0. The highest BCUT2D eigenvalue weighted by Gasteiger charge is 2.40. The van der Waals surface area contributed by atoms with Crippen LogP contribution in [0.5, 0.6) is 5.75 Å². The van der Waals surface area contributed by atoms with E-state index < -0.39 is 42.1 Å². The summed E-state index contributed by atoms with van der Waals surface area (Å²) >= 11 is 0. The zero-order valence-electron chi connectivity index (χ0n) is 35.4. The standard InChI is InChI=1S/C46H62N6O7/c1-30(2)40(51-24-14-22-47-45(51)56)43(54)49-36(26-34-18-9-7-10-19-34)28-38(59-44(55)41(31(3)4)52-25-15-23-48-46(52)57)37(27-35-20-11-8-12-21-35)50-39(53)29-58-42-32(5)16-13-17-33(42)6/h7-13,16-21,30-31,36-38,40-41H,14-15,22-29H2,1-6H3,(H,47,56)(H,48,57)(H,49,54)(H,50,53)/t36-,37-,38-,40?,41-/m0/s1. The van der Waals surface area contributed by atoms with E-state index in [2.05, 4.69) is 21.3 Å². The van der Waals surface area contributed by atoms with Crippen molar-refractivity contribution in [2.45, 2.75) is 104 Å². The number of hydrogen-bond donors (Lipinski definition) is 4. The Morgan fingerprint density at radius 2 is 1.22 bits per heavy atom. The van der Waals surface area contributed by atoms with Gasteiger partial charge in [0.05, 0.1) is 6.04 Å². The molecule has 6 amide bonds. The van der Waals surface area contributed by atoms with Crippen LogP contribution in [0.2, 0.25) is 0 Å². The number of benzene rings is 3. The number of aryl methyl sites for hydroxylation is 2. The Labute approximate surface area is 349 Å². The van der Waals surface area contributed by atoms with E-state index in [1.54, 1.807) is 4.90 Å². The normalized spacial score (nSPS) is 16.9. The van der Waals surface area contributed by atoms with Crippen molar-refractivity contribution in [3.05, 3.63) is 101 Å². The van der Waals surface area contributed by atoms with Crippen LogP contribution < -0.4 is 26.0 Å². The van der Waals surface area contributed by atoms with Gasteiger partial charge in [-0.3, -0.25) is 9.59 Å². The highest BCUT2D eigenvalue weighted by Crippen LogP contribution is 2.24. The number of para-hydroxylation sites is 1. The number of nitrogens with zero attached hydrogens (tertiary/aromatic N) is 2. The van der Waals surface area contributed by atoms with Crippen molar-refractivity contribution >= 4 is 29.8 Å². The number of hydrogen-bond acceptors (Lipinski definition) is 7. The maximum absolute atomic E-state index is 14.6. The molecule has 2 aliphatic rings. The minimum atomic E-state index is -0.981. The lowest BCUT2D eigenvalue weighted by Gasteiger charge is -2.39. The van der Waals surface area contributed by atoms with Gasteiger partial charge in [-0.15, -0.1) is 0 Å². The molecule has 0 bridgehead atoms. The van der Waals surface area contributed by atoms with Crippen molar-refractivity contribution in [2.75, 3.05) is 32.8 Å². The topological polar surface area (TPSA) is 158 Å². The Morgan fingerprint density at radius 3 is 1.75 bits per heavy atom. The molecule has 0 spiro atoms. The second kappa shape index (κ2) is 21.4. The second-order valence-electron chi connectivity index (χ2n) is 16.4. The van der Waals surface area contributed by atoms with Gasteiger partial charge in [-0.1, -0.05) is 107 Å². The quantitative estimate of drug-likeness (QED) is 0.119. The molecule has 318 valence electrons. The number of amides is 6. The van der Waals surface area contributed by atoms with Crippen molar-refractivity contribution in [2.24, 2.45) is 11.8 Å². The minimum Gasteiger partial charge on any atom is -0.483 e. The first-order chi connectivity index (χ1) is 28.3. The van der Waals surface area contributed by atoms with Gasteiger partial charge in [0, 0.05) is 38.6 Å². The molecule has 59 heavy (non-hydrogen) atoms. The largest absolute Gasteiger partial charge is 0.483 e. The molecule has 2 heterocycles. The molecule has 0 aromatic heterocycles. The zero-order chi connectivity index (χ0) is 42.5. The van der Waals surface area contributed by atoms with E-state index in [1.165, 1.54) is 4.90 Å². The maximum atomic E-state index is 14.6. The van der Waals surface area contributed by atoms with Gasteiger partial charge in [0.15, 0.2) is 6.61 Å². The predicted octanol–water partition coefficient (Wildman–Crippen LogP) is 5.32. The first-order valence-electron chi connectivity index (χ1n) is 21.0. The monoisotopic (exact) mass is 810 g/mol. The van der Waals surface area contributed by atoms with Crippen LogP contribution in [0.25, 0.3) is 0 Å². The Balaban J connectivity index is 1.52. The summed E-state index contributed by atoms with van der Waals surface area (Å²) < 4.78 is 12.6. The van der Waals surface area contributed by atoms with Crippen LogP contribution >= 0.6 is 0 Å². The first kappa shape index (κ1) is 44.5. The van der Waals surface area contributed by atoms with Crippen molar-refractivity contribution in [1.29, 1.82) is 0 Å². The summed E-state index contributed by atoms with van der Waals surface area (Å²) in [5.74, 6) is -1.20. The summed E-state index contributed by atoms with van der Waals surface area (Å²) in [6, 6.07) is 21.4. The summed E-state index contributed by atoms with van der Waals surface area (Å²) in [5, 5.41) is 12.1. The lowest BCUT2D eigenvalue weighted by Crippen LogP contribution is -2.60. The lowest BCUT2D eigenvalue weighted by molar-refractivity contribution is -0.159. The number of ether oxygens (including phenoxy) is 2. The fourth-order valence-electron chi connectivity index (χ4n) is 8.12. The molecule has 2 aliphatic heterocycles. The molecule has 5 atom stereocenters. The van der Waals surface area contributed by atoms with Crippen molar-refractivity contribution < 1.29 is 33.4 Å². The van der Waals surface area contributed by atoms with E-state index >= 15 is 0 Å². The van der Waals surface area contributed by atoms with Crippen molar-refractivity contribution in [3.8, 4) is 5.75 Å². The third-order valence-electron chi connectivity index (χ3n) is 11.0. The SMILES string of the molecule is Cc1cccc(C)c1OCC(=O)N[C@@H](Cc1ccccc1)[C@H](C[C@H](Cc1ccccc1)NC(=O)C(C(C)C)N1CCCNC1=O)OC(=O)[C@H](C(C)C)N1CCCNC1=O. The molecular weight excluding hydrogens is 749 g/mol. The average Bonchev–Trinajstić information content (AvgIpc) is 3.19. The van der Waals surface area contributed by atoms with E-state index in [9.17, 15) is 24.0 Å². The average molecular weight is 811 g/mol. The number of rotatable bonds is 19. The zero-order valence-corrected chi connectivity index (χ0v) is 35.4. The van der Waals surface area contributed by atoms with E-state index in [1.807, 2.05) is 120 Å². The molecule has 3 aromatic carbocycles. The number of carbonyl (C=O) groups excluding carboxylic acids is 5. The molecule has 0 aliphatic carbocycles. The fourth-order valence-corrected chi connectivity index (χ4v) is 8.12. The third kappa shape index (κ3) is 12.5. The van der Waals surface area contributed by atoms with E-state index in [0.717, 1.165) is 22.3 Å². The highest BCUT2D eigenvalue weighted by molar-refractivity contribution is 5.88. The van der Waals surface area contributed by atoms with Crippen LogP contribution in [0.3, 0.4) is 0 Å². The predicted molar refractivity (Wildman–Crippen MR) is 227 cm³/mol. The van der Waals surface area contributed by atoms with Crippen LogP contribution in [0.1, 0.15) is 69.2 Å². The smallest absolute Gasteiger partial charge is 0.329 e. The van der Waals surface area contributed by atoms with Gasteiger partial charge in [0.1, 0.15) is 23.9 Å². The molecule has 2 saturated heterocycles. The molecule has 5 rings (SSSR count). The van der Waals surface area contributed by atoms with E-state index in [4.69, 9.17) is 9.47 Å². The van der Waals surface area contributed by atoms with Crippen LogP contribution in [0.15, 0.2) is 78.9 Å². The van der Waals surface area contributed by atoms with Crippen molar-refractivity contribution in [1.82, 2.24) is 31.1 Å². The summed E-state index contributed by atoms with van der Waals surface area (Å²) in [4.78, 5) is 72.2. The highest BCUT2D eigenvalue weighted by atomic mass is 16.5. The number of nitrogens with one attached hydrogen (secondary N) is 4. The maximum Gasteiger partial charge on any atom is 0.329 e. The molecule has 0 radical (unpaired) electrons. The molecule has 4 N–H and O–H groups in total.